The van der Waals surface area contributed by atoms with Gasteiger partial charge in [0.15, 0.2) is 14.8 Å². The van der Waals surface area contributed by atoms with Gasteiger partial charge in [-0.15, -0.1) is 23.1 Å². The molecule has 23 heavy (non-hydrogen) atoms. The molecule has 2 aromatic rings. The molecule has 0 aliphatic carbocycles. The Morgan fingerprint density at radius 3 is 3.09 bits per heavy atom. The van der Waals surface area contributed by atoms with Crippen molar-refractivity contribution in [3.63, 3.8) is 0 Å². The smallest absolute Gasteiger partial charge is 0.316 e. The van der Waals surface area contributed by atoms with Crippen molar-refractivity contribution in [1.82, 2.24) is 9.38 Å². The molecule has 1 aliphatic heterocycles. The van der Waals surface area contributed by atoms with Crippen LogP contribution in [0.25, 0.3) is 4.96 Å². The van der Waals surface area contributed by atoms with Gasteiger partial charge in [-0.05, 0) is 6.42 Å². The second kappa shape index (κ2) is 6.62. The van der Waals surface area contributed by atoms with Crippen LogP contribution in [0.2, 0.25) is 0 Å². The maximum atomic E-state index is 11.8. The Labute approximate surface area is 140 Å². The first kappa shape index (κ1) is 16.5. The molecule has 0 saturated carbocycles. The number of hydrogen-bond acceptors (Lipinski definition) is 8. The van der Waals surface area contributed by atoms with E-state index in [0.29, 0.717) is 17.1 Å². The number of fused-ring (bicyclic) bond motifs is 1. The molecule has 0 bridgehead atoms. The Bertz CT molecular complexity index is 886. The zero-order valence-electron chi connectivity index (χ0n) is 12.0. The highest BCUT2D eigenvalue weighted by atomic mass is 32.2. The molecule has 0 N–H and O–H groups in total. The van der Waals surface area contributed by atoms with E-state index < -0.39 is 15.8 Å². The fourth-order valence-corrected chi connectivity index (χ4v) is 6.41. The molecule has 1 fully saturated rings. The van der Waals surface area contributed by atoms with E-state index in [1.54, 1.807) is 11.6 Å². The molecule has 7 nitrogen and oxygen atoms in total. The standard InChI is InChI=1S/C13H14N2O5S3/c16-11-5-9(14-13-15(11)2-3-21-13)6-20-12(17)7-22-10-1-4-23(18,19)8-10/h2-3,5,10H,1,4,6-8H2/t10-/m0/s1. The summed E-state index contributed by atoms with van der Waals surface area (Å²) in [5, 5.41) is 1.71. The second-order valence-corrected chi connectivity index (χ2v) is 9.53. The van der Waals surface area contributed by atoms with Crippen molar-refractivity contribution in [1.29, 1.82) is 0 Å². The number of ether oxygens (including phenoxy) is 1. The van der Waals surface area contributed by atoms with E-state index in [2.05, 4.69) is 4.98 Å². The van der Waals surface area contributed by atoms with E-state index >= 15 is 0 Å². The topological polar surface area (TPSA) is 94.8 Å². The van der Waals surface area contributed by atoms with Crippen LogP contribution in [0.5, 0.6) is 0 Å². The summed E-state index contributed by atoms with van der Waals surface area (Å²) >= 11 is 2.63. The van der Waals surface area contributed by atoms with Crippen molar-refractivity contribution >= 4 is 43.9 Å². The van der Waals surface area contributed by atoms with Crippen LogP contribution in [0.4, 0.5) is 0 Å². The van der Waals surface area contributed by atoms with Crippen LogP contribution in [0.1, 0.15) is 12.1 Å². The van der Waals surface area contributed by atoms with Crippen molar-refractivity contribution in [2.75, 3.05) is 17.3 Å². The first-order valence-corrected chi connectivity index (χ1v) is 10.6. The average Bonchev–Trinajstić information content (AvgIpc) is 3.09. The van der Waals surface area contributed by atoms with Crippen LogP contribution in [0.3, 0.4) is 0 Å². The molecule has 10 heteroatoms. The molecule has 2 aromatic heterocycles. The van der Waals surface area contributed by atoms with E-state index in [-0.39, 0.29) is 34.7 Å². The summed E-state index contributed by atoms with van der Waals surface area (Å²) in [4.78, 5) is 28.3. The molecule has 0 amide bonds. The molecule has 0 aromatic carbocycles. The van der Waals surface area contributed by atoms with Gasteiger partial charge in [-0.1, -0.05) is 0 Å². The van der Waals surface area contributed by atoms with Crippen molar-refractivity contribution in [3.05, 3.63) is 33.7 Å². The van der Waals surface area contributed by atoms with Gasteiger partial charge < -0.3 is 4.74 Å². The third-order valence-electron chi connectivity index (χ3n) is 3.36. The summed E-state index contributed by atoms with van der Waals surface area (Å²) in [6, 6.07) is 1.34. The van der Waals surface area contributed by atoms with Gasteiger partial charge in [0.2, 0.25) is 0 Å². The average molecular weight is 374 g/mol. The predicted molar refractivity (Wildman–Crippen MR) is 88.7 cm³/mol. The van der Waals surface area contributed by atoms with Crippen LogP contribution >= 0.6 is 23.1 Å². The summed E-state index contributed by atoms with van der Waals surface area (Å²) in [6.45, 7) is -0.0635. The lowest BCUT2D eigenvalue weighted by Crippen LogP contribution is -2.16. The van der Waals surface area contributed by atoms with Gasteiger partial charge in [0, 0.05) is 22.9 Å². The molecule has 1 saturated heterocycles. The molecule has 0 unspecified atom stereocenters. The van der Waals surface area contributed by atoms with Crippen LogP contribution in [-0.2, 0) is 26.0 Å². The molecule has 1 aliphatic rings. The van der Waals surface area contributed by atoms with Gasteiger partial charge >= 0.3 is 5.97 Å². The maximum Gasteiger partial charge on any atom is 0.316 e. The Morgan fingerprint density at radius 1 is 1.52 bits per heavy atom. The summed E-state index contributed by atoms with van der Waals surface area (Å²) in [5.74, 6) is -0.0277. The largest absolute Gasteiger partial charge is 0.459 e. The van der Waals surface area contributed by atoms with E-state index in [9.17, 15) is 18.0 Å². The highest BCUT2D eigenvalue weighted by molar-refractivity contribution is 8.02. The molecule has 0 spiro atoms. The van der Waals surface area contributed by atoms with Crippen molar-refractivity contribution in [3.8, 4) is 0 Å². The number of carbonyl (C=O) groups excluding carboxylic acids is 1. The number of hydrogen-bond donors (Lipinski definition) is 0. The van der Waals surface area contributed by atoms with Gasteiger partial charge in [0.25, 0.3) is 5.56 Å². The lowest BCUT2D eigenvalue weighted by molar-refractivity contribution is -0.141. The highest BCUT2D eigenvalue weighted by Crippen LogP contribution is 2.24. The SMILES string of the molecule is O=C(CS[C@H]1CCS(=O)(=O)C1)OCc1cc(=O)n2ccsc2n1. The Morgan fingerprint density at radius 2 is 2.35 bits per heavy atom. The third kappa shape index (κ3) is 4.12. The molecule has 124 valence electrons. The second-order valence-electron chi connectivity index (χ2n) is 5.14. The van der Waals surface area contributed by atoms with Crippen LogP contribution < -0.4 is 5.56 Å². The number of aromatic nitrogens is 2. The fourth-order valence-electron chi connectivity index (χ4n) is 2.24. The van der Waals surface area contributed by atoms with Gasteiger partial charge in [0.05, 0.1) is 23.0 Å². The predicted octanol–water partition coefficient (Wildman–Crippen LogP) is 0.719. The lowest BCUT2D eigenvalue weighted by Gasteiger charge is -2.07. The van der Waals surface area contributed by atoms with Gasteiger partial charge in [0.1, 0.15) is 6.61 Å². The number of thiazole rings is 1. The minimum absolute atomic E-state index is 0.0437. The molecular formula is C13H14N2O5S3. The first-order chi connectivity index (χ1) is 10.9. The maximum absolute atomic E-state index is 11.8. The summed E-state index contributed by atoms with van der Waals surface area (Å²) < 4.78 is 29.2. The first-order valence-electron chi connectivity index (χ1n) is 6.86. The summed E-state index contributed by atoms with van der Waals surface area (Å²) in [6.07, 6.45) is 2.21. The third-order valence-corrected chi connectivity index (χ3v) is 7.38. The number of thioether (sulfide) groups is 1. The zero-order valence-corrected chi connectivity index (χ0v) is 14.5. The van der Waals surface area contributed by atoms with Crippen LogP contribution in [0, 0.1) is 0 Å². The van der Waals surface area contributed by atoms with Gasteiger partial charge in [-0.3, -0.25) is 14.0 Å². The van der Waals surface area contributed by atoms with Crippen LogP contribution in [-0.4, -0.2) is 46.3 Å². The van der Waals surface area contributed by atoms with E-state index in [1.165, 1.54) is 33.6 Å². The minimum Gasteiger partial charge on any atom is -0.459 e. The van der Waals surface area contributed by atoms with Crippen molar-refractivity contribution in [2.45, 2.75) is 18.3 Å². The Balaban J connectivity index is 1.51. The molecule has 1 atom stereocenters. The van der Waals surface area contributed by atoms with Gasteiger partial charge in [-0.2, -0.15) is 0 Å². The molecule has 3 heterocycles. The number of carbonyl (C=O) groups is 1. The lowest BCUT2D eigenvalue weighted by atomic mass is 10.4. The highest BCUT2D eigenvalue weighted by Gasteiger charge is 2.28. The van der Waals surface area contributed by atoms with E-state index in [4.69, 9.17) is 4.74 Å². The summed E-state index contributed by atoms with van der Waals surface area (Å²) in [7, 11) is -2.94. The van der Waals surface area contributed by atoms with E-state index in [0.717, 1.165) is 0 Å². The number of sulfone groups is 1. The molecular weight excluding hydrogens is 360 g/mol. The number of nitrogens with zero attached hydrogens (tertiary/aromatic N) is 2. The van der Waals surface area contributed by atoms with Gasteiger partial charge in [-0.25, -0.2) is 13.4 Å². The Kier molecular flexibility index (Phi) is 4.74. The monoisotopic (exact) mass is 374 g/mol. The quantitative estimate of drug-likeness (QED) is 0.712. The summed E-state index contributed by atoms with van der Waals surface area (Å²) in [5.41, 5.74) is 0.187. The van der Waals surface area contributed by atoms with Crippen LogP contribution in [0.15, 0.2) is 22.4 Å². The normalized spacial score (nSPS) is 19.9. The fraction of sp³-hybridized carbons (Fsp3) is 0.462. The molecule has 3 rings (SSSR count). The zero-order chi connectivity index (χ0) is 16.4. The number of rotatable bonds is 5. The minimum atomic E-state index is -2.94. The Hall–Kier alpha value is -1.39. The molecule has 0 radical (unpaired) electrons. The van der Waals surface area contributed by atoms with Crippen molar-refractivity contribution in [2.24, 2.45) is 0 Å². The van der Waals surface area contributed by atoms with Crippen molar-refractivity contribution < 1.29 is 17.9 Å². The van der Waals surface area contributed by atoms with E-state index in [1.807, 2.05) is 0 Å². The number of esters is 1.